The molecule has 1 aliphatic rings. The third kappa shape index (κ3) is 3.55. The fourth-order valence-corrected chi connectivity index (χ4v) is 3.76. The molecular weight excluding hydrogens is 308 g/mol. The SMILES string of the molecule is CCCCc1csc(N2C(=O)OC(C)C2Cc2ccccc2)n1. The summed E-state index contributed by atoms with van der Waals surface area (Å²) in [6.07, 6.45) is 3.59. The second kappa shape index (κ2) is 7.13. The van der Waals surface area contributed by atoms with E-state index in [1.807, 2.05) is 25.1 Å². The Balaban J connectivity index is 1.80. The summed E-state index contributed by atoms with van der Waals surface area (Å²) in [5.74, 6) is 0. The van der Waals surface area contributed by atoms with Crippen LogP contribution >= 0.6 is 11.3 Å². The Labute approximate surface area is 141 Å². The Kier molecular flexibility index (Phi) is 4.96. The number of unbranched alkanes of at least 4 members (excludes halogenated alkanes) is 1. The number of amides is 1. The van der Waals surface area contributed by atoms with Crippen LogP contribution in [0.25, 0.3) is 0 Å². The maximum Gasteiger partial charge on any atom is 0.416 e. The number of cyclic esters (lactones) is 1. The van der Waals surface area contributed by atoms with Gasteiger partial charge in [-0.15, -0.1) is 11.3 Å². The molecule has 0 spiro atoms. The molecule has 2 aromatic rings. The molecule has 1 saturated heterocycles. The molecule has 0 aliphatic carbocycles. The van der Waals surface area contributed by atoms with E-state index in [1.54, 1.807) is 4.90 Å². The van der Waals surface area contributed by atoms with Gasteiger partial charge in [-0.3, -0.25) is 0 Å². The second-order valence-electron chi connectivity index (χ2n) is 5.94. The van der Waals surface area contributed by atoms with E-state index in [0.29, 0.717) is 0 Å². The number of aryl methyl sites for hydroxylation is 1. The molecule has 122 valence electrons. The van der Waals surface area contributed by atoms with Crippen molar-refractivity contribution < 1.29 is 9.53 Å². The number of hydrogen-bond acceptors (Lipinski definition) is 4. The Morgan fingerprint density at radius 2 is 2.09 bits per heavy atom. The number of carbonyl (C=O) groups excluding carboxylic acids is 1. The van der Waals surface area contributed by atoms with Gasteiger partial charge >= 0.3 is 6.09 Å². The molecule has 2 unspecified atom stereocenters. The van der Waals surface area contributed by atoms with Crippen LogP contribution < -0.4 is 4.90 Å². The fourth-order valence-electron chi connectivity index (χ4n) is 2.85. The van der Waals surface area contributed by atoms with Gasteiger partial charge in [0.1, 0.15) is 6.10 Å². The van der Waals surface area contributed by atoms with Crippen LogP contribution in [0.2, 0.25) is 0 Å². The lowest BCUT2D eigenvalue weighted by Crippen LogP contribution is -2.37. The van der Waals surface area contributed by atoms with Crippen molar-refractivity contribution >= 4 is 22.6 Å². The number of hydrogen-bond donors (Lipinski definition) is 0. The Hall–Kier alpha value is -1.88. The molecular formula is C18H22N2O2S. The van der Waals surface area contributed by atoms with Crippen molar-refractivity contribution in [2.24, 2.45) is 0 Å². The minimum absolute atomic E-state index is 0.00456. The maximum atomic E-state index is 12.3. The van der Waals surface area contributed by atoms with E-state index in [1.165, 1.54) is 16.9 Å². The van der Waals surface area contributed by atoms with Crippen LogP contribution in [0.5, 0.6) is 0 Å². The van der Waals surface area contributed by atoms with E-state index in [4.69, 9.17) is 4.74 Å². The highest BCUT2D eigenvalue weighted by atomic mass is 32.1. The lowest BCUT2D eigenvalue weighted by molar-refractivity contribution is 0.141. The molecule has 0 bridgehead atoms. The molecule has 0 saturated carbocycles. The minimum Gasteiger partial charge on any atom is -0.444 e. The number of aromatic nitrogens is 1. The summed E-state index contributed by atoms with van der Waals surface area (Å²) in [5, 5.41) is 2.81. The number of carbonyl (C=O) groups is 1. The standard InChI is InChI=1S/C18H22N2O2S/c1-3-4-10-15-12-23-17(19-15)20-16(13(2)22-18(20)21)11-14-8-6-5-7-9-14/h5-9,12-13,16H,3-4,10-11H2,1-2H3. The molecule has 1 amide bonds. The van der Waals surface area contributed by atoms with E-state index in [-0.39, 0.29) is 18.2 Å². The lowest BCUT2D eigenvalue weighted by atomic mass is 10.0. The molecule has 2 atom stereocenters. The summed E-state index contributed by atoms with van der Waals surface area (Å²) in [6, 6.07) is 10.2. The monoisotopic (exact) mass is 330 g/mol. The average molecular weight is 330 g/mol. The molecule has 4 nitrogen and oxygen atoms in total. The first-order chi connectivity index (χ1) is 11.2. The van der Waals surface area contributed by atoms with Gasteiger partial charge < -0.3 is 4.74 Å². The summed E-state index contributed by atoms with van der Waals surface area (Å²) >= 11 is 1.53. The van der Waals surface area contributed by atoms with Gasteiger partial charge in [-0.2, -0.15) is 0 Å². The summed E-state index contributed by atoms with van der Waals surface area (Å²) in [6.45, 7) is 4.12. The predicted octanol–water partition coefficient (Wildman–Crippen LogP) is 4.44. The topological polar surface area (TPSA) is 42.4 Å². The van der Waals surface area contributed by atoms with Crippen molar-refractivity contribution in [3.8, 4) is 0 Å². The number of thiazole rings is 1. The van der Waals surface area contributed by atoms with E-state index >= 15 is 0 Å². The Morgan fingerprint density at radius 1 is 1.30 bits per heavy atom. The number of nitrogens with zero attached hydrogens (tertiary/aromatic N) is 2. The van der Waals surface area contributed by atoms with E-state index in [0.717, 1.165) is 36.5 Å². The van der Waals surface area contributed by atoms with Crippen LogP contribution in [-0.2, 0) is 17.6 Å². The highest BCUT2D eigenvalue weighted by Crippen LogP contribution is 2.31. The van der Waals surface area contributed by atoms with Crippen molar-refractivity contribution in [1.29, 1.82) is 0 Å². The smallest absolute Gasteiger partial charge is 0.416 e. The van der Waals surface area contributed by atoms with Crippen LogP contribution in [0.3, 0.4) is 0 Å². The van der Waals surface area contributed by atoms with Gasteiger partial charge in [-0.05, 0) is 31.7 Å². The second-order valence-corrected chi connectivity index (χ2v) is 6.78. The van der Waals surface area contributed by atoms with Crippen LogP contribution in [-0.4, -0.2) is 23.2 Å². The zero-order valence-corrected chi connectivity index (χ0v) is 14.4. The van der Waals surface area contributed by atoms with Crippen molar-refractivity contribution in [1.82, 2.24) is 4.98 Å². The number of rotatable bonds is 6. The van der Waals surface area contributed by atoms with Gasteiger partial charge in [0.2, 0.25) is 0 Å². The minimum atomic E-state index is -0.283. The number of ether oxygens (including phenoxy) is 1. The predicted molar refractivity (Wildman–Crippen MR) is 93.1 cm³/mol. The largest absolute Gasteiger partial charge is 0.444 e. The molecule has 1 aromatic carbocycles. The van der Waals surface area contributed by atoms with Crippen LogP contribution in [0.4, 0.5) is 9.93 Å². The summed E-state index contributed by atoms with van der Waals surface area (Å²) < 4.78 is 5.46. The van der Waals surface area contributed by atoms with Crippen molar-refractivity contribution in [3.05, 3.63) is 47.0 Å². The van der Waals surface area contributed by atoms with Crippen LogP contribution in [0.1, 0.15) is 37.9 Å². The van der Waals surface area contributed by atoms with Crippen LogP contribution in [0.15, 0.2) is 35.7 Å². The molecule has 23 heavy (non-hydrogen) atoms. The first-order valence-corrected chi connectivity index (χ1v) is 9.05. The van der Waals surface area contributed by atoms with Crippen molar-refractivity contribution in [3.63, 3.8) is 0 Å². The van der Waals surface area contributed by atoms with E-state index < -0.39 is 0 Å². The Bertz CT molecular complexity index is 656. The van der Waals surface area contributed by atoms with E-state index in [9.17, 15) is 4.79 Å². The third-order valence-electron chi connectivity index (χ3n) is 4.18. The first kappa shape index (κ1) is 16.0. The highest BCUT2D eigenvalue weighted by Gasteiger charge is 2.41. The fraction of sp³-hybridized carbons (Fsp3) is 0.444. The van der Waals surface area contributed by atoms with Gasteiger partial charge in [0.15, 0.2) is 5.13 Å². The lowest BCUT2D eigenvalue weighted by Gasteiger charge is -2.21. The van der Waals surface area contributed by atoms with Crippen molar-refractivity contribution in [2.45, 2.75) is 51.7 Å². The highest BCUT2D eigenvalue weighted by molar-refractivity contribution is 7.14. The summed E-state index contributed by atoms with van der Waals surface area (Å²) in [5.41, 5.74) is 2.27. The Morgan fingerprint density at radius 3 is 2.83 bits per heavy atom. The molecule has 5 heteroatoms. The molecule has 1 aliphatic heterocycles. The number of benzene rings is 1. The summed E-state index contributed by atoms with van der Waals surface area (Å²) in [7, 11) is 0. The van der Waals surface area contributed by atoms with Gasteiger partial charge in [-0.25, -0.2) is 14.7 Å². The molecule has 3 rings (SSSR count). The summed E-state index contributed by atoms with van der Waals surface area (Å²) in [4.78, 5) is 18.7. The quantitative estimate of drug-likeness (QED) is 0.786. The van der Waals surface area contributed by atoms with Gasteiger partial charge in [0.05, 0.1) is 11.7 Å². The average Bonchev–Trinajstić information content (AvgIpc) is 3.11. The van der Waals surface area contributed by atoms with Gasteiger partial charge in [0.25, 0.3) is 0 Å². The molecule has 1 aromatic heterocycles. The van der Waals surface area contributed by atoms with Crippen LogP contribution in [0, 0.1) is 0 Å². The van der Waals surface area contributed by atoms with Gasteiger partial charge in [0, 0.05) is 5.38 Å². The molecule has 0 radical (unpaired) electrons. The maximum absolute atomic E-state index is 12.3. The zero-order chi connectivity index (χ0) is 16.2. The first-order valence-electron chi connectivity index (χ1n) is 8.17. The zero-order valence-electron chi connectivity index (χ0n) is 13.6. The normalized spacial score (nSPS) is 20.8. The van der Waals surface area contributed by atoms with E-state index in [2.05, 4.69) is 29.4 Å². The van der Waals surface area contributed by atoms with Gasteiger partial charge in [-0.1, -0.05) is 43.7 Å². The van der Waals surface area contributed by atoms with Crippen molar-refractivity contribution in [2.75, 3.05) is 4.90 Å². The molecule has 2 heterocycles. The third-order valence-corrected chi connectivity index (χ3v) is 5.07. The number of anilines is 1. The molecule has 1 fully saturated rings. The molecule has 0 N–H and O–H groups in total.